The van der Waals surface area contributed by atoms with Crippen LogP contribution in [0.5, 0.6) is 5.75 Å². The summed E-state index contributed by atoms with van der Waals surface area (Å²) in [4.78, 5) is 20.3. The standard InChI is InChI=1S/C25H29NO3S/c1-5-7-19(25(27)29-4)22-15(2)26-24-23(18-8-6-9-21(18)30-24)20(22)14-16-10-12-17(28-3)13-11-16/h10-13,19H,5-9,14H2,1-4H3. The Morgan fingerprint density at radius 1 is 1.20 bits per heavy atom. The highest BCUT2D eigenvalue weighted by Gasteiger charge is 2.30. The molecule has 0 spiro atoms. The Kier molecular flexibility index (Phi) is 6.09. The zero-order valence-corrected chi connectivity index (χ0v) is 19.0. The van der Waals surface area contributed by atoms with Crippen molar-refractivity contribution in [3.8, 4) is 5.75 Å². The molecule has 0 radical (unpaired) electrons. The third kappa shape index (κ3) is 3.71. The Balaban J connectivity index is 1.93. The predicted octanol–water partition coefficient (Wildman–Crippen LogP) is 5.75. The number of fused-ring (bicyclic) bond motifs is 3. The highest BCUT2D eigenvalue weighted by molar-refractivity contribution is 7.18. The molecular formula is C25H29NO3S. The fourth-order valence-corrected chi connectivity index (χ4v) is 6.09. The first-order valence-electron chi connectivity index (χ1n) is 10.7. The number of pyridine rings is 1. The Labute approximate surface area is 182 Å². The number of rotatable bonds is 7. The molecule has 4 nitrogen and oxygen atoms in total. The maximum Gasteiger partial charge on any atom is 0.313 e. The highest BCUT2D eigenvalue weighted by atomic mass is 32.1. The van der Waals surface area contributed by atoms with Crippen LogP contribution in [0.4, 0.5) is 0 Å². The second-order valence-corrected chi connectivity index (χ2v) is 9.10. The molecule has 0 aliphatic heterocycles. The molecule has 5 heteroatoms. The van der Waals surface area contributed by atoms with Gasteiger partial charge in [0.2, 0.25) is 0 Å². The number of carbonyl (C=O) groups is 1. The van der Waals surface area contributed by atoms with E-state index in [2.05, 4.69) is 19.1 Å². The number of benzene rings is 1. The van der Waals surface area contributed by atoms with E-state index in [0.29, 0.717) is 0 Å². The van der Waals surface area contributed by atoms with Gasteiger partial charge >= 0.3 is 5.97 Å². The van der Waals surface area contributed by atoms with Gasteiger partial charge in [0.05, 0.1) is 20.1 Å². The second kappa shape index (κ2) is 8.76. The van der Waals surface area contributed by atoms with Crippen molar-refractivity contribution < 1.29 is 14.3 Å². The highest BCUT2D eigenvalue weighted by Crippen LogP contribution is 2.43. The van der Waals surface area contributed by atoms with E-state index in [4.69, 9.17) is 14.5 Å². The quantitative estimate of drug-likeness (QED) is 0.454. The zero-order chi connectivity index (χ0) is 21.3. The van der Waals surface area contributed by atoms with Crippen molar-refractivity contribution in [1.82, 2.24) is 4.98 Å². The molecule has 158 valence electrons. The lowest BCUT2D eigenvalue weighted by Crippen LogP contribution is -2.18. The van der Waals surface area contributed by atoms with E-state index in [1.165, 1.54) is 40.5 Å². The zero-order valence-electron chi connectivity index (χ0n) is 18.2. The van der Waals surface area contributed by atoms with Gasteiger partial charge in [0.25, 0.3) is 0 Å². The van der Waals surface area contributed by atoms with Crippen LogP contribution in [0.15, 0.2) is 24.3 Å². The lowest BCUT2D eigenvalue weighted by molar-refractivity contribution is -0.142. The van der Waals surface area contributed by atoms with Crippen LogP contribution in [0, 0.1) is 6.92 Å². The molecule has 0 amide bonds. The number of carbonyl (C=O) groups excluding carboxylic acids is 1. The molecule has 0 saturated carbocycles. The Morgan fingerprint density at radius 2 is 1.97 bits per heavy atom. The van der Waals surface area contributed by atoms with E-state index in [1.54, 1.807) is 7.11 Å². The summed E-state index contributed by atoms with van der Waals surface area (Å²) in [6.45, 7) is 4.16. The molecule has 30 heavy (non-hydrogen) atoms. The van der Waals surface area contributed by atoms with Gasteiger partial charge in [-0.25, -0.2) is 4.98 Å². The molecule has 0 saturated heterocycles. The van der Waals surface area contributed by atoms with Gasteiger partial charge in [0.15, 0.2) is 0 Å². The molecular weight excluding hydrogens is 394 g/mol. The molecule has 2 aromatic heterocycles. The fourth-order valence-electron chi connectivity index (χ4n) is 4.75. The summed E-state index contributed by atoms with van der Waals surface area (Å²) < 4.78 is 10.5. The summed E-state index contributed by atoms with van der Waals surface area (Å²) in [6.07, 6.45) is 5.91. The van der Waals surface area contributed by atoms with Crippen LogP contribution in [0.3, 0.4) is 0 Å². The molecule has 4 rings (SSSR count). The smallest absolute Gasteiger partial charge is 0.313 e. The first-order chi connectivity index (χ1) is 14.6. The Hall–Kier alpha value is -2.40. The summed E-state index contributed by atoms with van der Waals surface area (Å²) in [5, 5.41) is 1.29. The predicted molar refractivity (Wildman–Crippen MR) is 122 cm³/mol. The van der Waals surface area contributed by atoms with Gasteiger partial charge in [-0.2, -0.15) is 0 Å². The van der Waals surface area contributed by atoms with E-state index in [0.717, 1.165) is 53.9 Å². The summed E-state index contributed by atoms with van der Waals surface area (Å²) in [7, 11) is 3.17. The van der Waals surface area contributed by atoms with Crippen molar-refractivity contribution in [2.45, 2.75) is 58.3 Å². The number of aryl methyl sites for hydroxylation is 3. The van der Waals surface area contributed by atoms with Crippen LogP contribution in [-0.4, -0.2) is 25.2 Å². The molecule has 1 aliphatic rings. The molecule has 0 fully saturated rings. The minimum Gasteiger partial charge on any atom is -0.497 e. The monoisotopic (exact) mass is 423 g/mol. The number of hydrogen-bond acceptors (Lipinski definition) is 5. The fraction of sp³-hybridized carbons (Fsp3) is 0.440. The van der Waals surface area contributed by atoms with Crippen LogP contribution in [0.2, 0.25) is 0 Å². The van der Waals surface area contributed by atoms with E-state index >= 15 is 0 Å². The van der Waals surface area contributed by atoms with Crippen LogP contribution < -0.4 is 4.74 Å². The van der Waals surface area contributed by atoms with Gasteiger partial charge in [-0.15, -0.1) is 11.3 Å². The number of methoxy groups -OCH3 is 2. The largest absolute Gasteiger partial charge is 0.497 e. The van der Waals surface area contributed by atoms with Gasteiger partial charge < -0.3 is 9.47 Å². The van der Waals surface area contributed by atoms with E-state index in [9.17, 15) is 4.79 Å². The maximum atomic E-state index is 12.8. The van der Waals surface area contributed by atoms with E-state index in [1.807, 2.05) is 30.4 Å². The molecule has 2 heterocycles. The number of ether oxygens (including phenoxy) is 2. The van der Waals surface area contributed by atoms with E-state index in [-0.39, 0.29) is 11.9 Å². The lowest BCUT2D eigenvalue weighted by atomic mass is 9.85. The van der Waals surface area contributed by atoms with Gasteiger partial charge in [-0.05, 0) is 73.4 Å². The molecule has 0 bridgehead atoms. The topological polar surface area (TPSA) is 48.4 Å². The molecule has 0 N–H and O–H groups in total. The van der Waals surface area contributed by atoms with Crippen LogP contribution in [-0.2, 0) is 28.8 Å². The average Bonchev–Trinajstić information content (AvgIpc) is 3.33. The number of hydrogen-bond donors (Lipinski definition) is 0. The maximum absolute atomic E-state index is 12.8. The molecule has 1 aliphatic carbocycles. The lowest BCUT2D eigenvalue weighted by Gasteiger charge is -2.22. The van der Waals surface area contributed by atoms with Crippen LogP contribution in [0.1, 0.15) is 64.9 Å². The summed E-state index contributed by atoms with van der Waals surface area (Å²) in [6, 6.07) is 8.23. The first-order valence-corrected chi connectivity index (χ1v) is 11.5. The molecule has 3 aromatic rings. The minimum atomic E-state index is -0.276. The third-order valence-corrected chi connectivity index (χ3v) is 7.33. The van der Waals surface area contributed by atoms with Crippen molar-refractivity contribution in [1.29, 1.82) is 0 Å². The van der Waals surface area contributed by atoms with Crippen molar-refractivity contribution in [2.24, 2.45) is 0 Å². The average molecular weight is 424 g/mol. The van der Waals surface area contributed by atoms with Crippen molar-refractivity contribution >= 4 is 27.5 Å². The Bertz CT molecular complexity index is 1070. The first kappa shape index (κ1) is 20.9. The molecule has 1 aromatic carbocycles. The van der Waals surface area contributed by atoms with Crippen molar-refractivity contribution in [3.05, 3.63) is 57.1 Å². The van der Waals surface area contributed by atoms with Crippen LogP contribution >= 0.6 is 11.3 Å². The number of nitrogens with zero attached hydrogens (tertiary/aromatic N) is 1. The second-order valence-electron chi connectivity index (χ2n) is 8.02. The van der Waals surface area contributed by atoms with Gasteiger partial charge in [0.1, 0.15) is 10.6 Å². The Morgan fingerprint density at radius 3 is 2.63 bits per heavy atom. The normalized spacial score (nSPS) is 14.0. The van der Waals surface area contributed by atoms with Gasteiger partial charge in [-0.1, -0.05) is 25.5 Å². The van der Waals surface area contributed by atoms with Crippen molar-refractivity contribution in [3.63, 3.8) is 0 Å². The molecule has 1 unspecified atom stereocenters. The number of thiophene rings is 1. The van der Waals surface area contributed by atoms with Crippen LogP contribution in [0.25, 0.3) is 10.2 Å². The molecule has 1 atom stereocenters. The number of esters is 1. The van der Waals surface area contributed by atoms with Gasteiger partial charge in [-0.3, -0.25) is 4.79 Å². The van der Waals surface area contributed by atoms with Crippen molar-refractivity contribution in [2.75, 3.05) is 14.2 Å². The van der Waals surface area contributed by atoms with Gasteiger partial charge in [0, 0.05) is 16.0 Å². The SMILES string of the molecule is CCCC(C(=O)OC)c1c(C)nc2sc3c(c2c1Cc1ccc(OC)cc1)CCC3. The summed E-state index contributed by atoms with van der Waals surface area (Å²) >= 11 is 1.83. The minimum absolute atomic E-state index is 0.163. The summed E-state index contributed by atoms with van der Waals surface area (Å²) in [5.74, 6) is 0.413. The summed E-state index contributed by atoms with van der Waals surface area (Å²) in [5.41, 5.74) is 5.94. The third-order valence-electron chi connectivity index (χ3n) is 6.14. The van der Waals surface area contributed by atoms with E-state index < -0.39 is 0 Å². The number of aromatic nitrogens is 1.